The maximum absolute atomic E-state index is 14.9. The van der Waals surface area contributed by atoms with Crippen LogP contribution in [0.1, 0.15) is 76.4 Å². The molecule has 70 heavy (non-hydrogen) atoms. The highest BCUT2D eigenvalue weighted by Gasteiger charge is 2.46. The van der Waals surface area contributed by atoms with Crippen LogP contribution in [0.3, 0.4) is 0 Å². The van der Waals surface area contributed by atoms with Gasteiger partial charge < -0.3 is 33.8 Å². The zero-order chi connectivity index (χ0) is 50.8. The number of methoxy groups -OCH3 is 1. The van der Waals surface area contributed by atoms with Crippen LogP contribution in [-0.2, 0) is 66.0 Å². The fourth-order valence-electron chi connectivity index (χ4n) is 10.5. The number of carbonyl (C=O) groups excluding carboxylic acids is 5. The van der Waals surface area contributed by atoms with Gasteiger partial charge in [0.2, 0.25) is 17.9 Å². The number of pyridine rings is 1. The first-order chi connectivity index (χ1) is 33.2. The molecule has 5 heterocycles. The summed E-state index contributed by atoms with van der Waals surface area (Å²) in [4.78, 5) is 80.4. The highest BCUT2D eigenvalue weighted by molar-refractivity contribution is 5.96. The van der Waals surface area contributed by atoms with E-state index in [4.69, 9.17) is 14.5 Å². The molecule has 2 aromatic heterocycles. The number of cyclic esters (lactones) is 1. The average Bonchev–Trinajstić information content (AvgIpc) is 3.94. The molecular formula is C54H71N8O8+. The van der Waals surface area contributed by atoms with Crippen molar-refractivity contribution in [3.63, 3.8) is 0 Å². The number of benzene rings is 2. The van der Waals surface area contributed by atoms with Crippen LogP contribution in [-0.4, -0.2) is 148 Å². The van der Waals surface area contributed by atoms with Crippen LogP contribution in [0.2, 0.25) is 0 Å². The molecule has 2 N–H and O–H groups in total. The van der Waals surface area contributed by atoms with E-state index in [1.165, 1.54) is 16.0 Å². The minimum Gasteiger partial charge on any atom is -0.508 e. The third kappa shape index (κ3) is 10.9. The zero-order valence-electron chi connectivity index (χ0n) is 42.4. The first kappa shape index (κ1) is 51.6. The van der Waals surface area contributed by atoms with Crippen molar-refractivity contribution in [2.24, 2.45) is 17.3 Å². The van der Waals surface area contributed by atoms with E-state index in [1.54, 1.807) is 31.2 Å². The molecule has 4 amide bonds. The number of fused-ring (bicyclic) bond motifs is 6. The van der Waals surface area contributed by atoms with Crippen LogP contribution in [0.25, 0.3) is 33.3 Å². The normalized spacial score (nSPS) is 20.1. The first-order valence-electron chi connectivity index (χ1n) is 24.4. The molecule has 0 saturated carbocycles. The maximum atomic E-state index is 14.9. The van der Waals surface area contributed by atoms with Crippen LogP contribution >= 0.6 is 0 Å². The number of carbonyl (C=O) groups is 5. The predicted molar refractivity (Wildman–Crippen MR) is 269 cm³/mol. The number of likely N-dealkylation sites (tertiary alicyclic amines) is 1. The van der Waals surface area contributed by atoms with Crippen molar-refractivity contribution in [2.45, 2.75) is 105 Å². The predicted octanol–water partition coefficient (Wildman–Crippen LogP) is 5.59. The largest absolute Gasteiger partial charge is 0.508 e. The fourth-order valence-corrected chi connectivity index (χ4v) is 10.5. The van der Waals surface area contributed by atoms with E-state index in [9.17, 15) is 29.1 Å². The number of ether oxygens (including phenoxy) is 2. The molecule has 2 aromatic carbocycles. The zero-order valence-corrected chi connectivity index (χ0v) is 42.4. The van der Waals surface area contributed by atoms with Gasteiger partial charge in [-0.1, -0.05) is 46.4 Å². The number of rotatable bonds is 12. The highest BCUT2D eigenvalue weighted by Crippen LogP contribution is 2.42. The maximum Gasteiger partial charge on any atom is 0.409 e. The van der Waals surface area contributed by atoms with Crippen molar-refractivity contribution in [3.8, 4) is 28.1 Å². The molecule has 3 aliphatic rings. The summed E-state index contributed by atoms with van der Waals surface area (Å²) in [6.07, 6.45) is 3.06. The molecule has 374 valence electrons. The first-order valence-corrected chi connectivity index (χ1v) is 24.4. The number of hydrogen-bond acceptors (Lipinski definition) is 11. The van der Waals surface area contributed by atoms with Crippen molar-refractivity contribution in [3.05, 3.63) is 83.7 Å². The van der Waals surface area contributed by atoms with Gasteiger partial charge in [-0.25, -0.2) is 10.2 Å². The lowest BCUT2D eigenvalue weighted by Gasteiger charge is -2.35. The van der Waals surface area contributed by atoms with Gasteiger partial charge >= 0.3 is 17.8 Å². The standard InChI is InChI=1S/C54H70N8O8/c1-12-47(64)60-22-20-36(29-60)50(65)59(10)48(33(3)4)52(67)58(9)46-25-34-23-37(26-39(63)24-34)35-16-19-45-41(27-35)42(28-54(5,6)32-70-53(68)43-15-14-21-62(56-43)51(46)66)49(61(45)13-2)40-18-17-38(30-57(7)8)55-44(40)31-69-11/h12,16-19,23-24,26-27,33,36,43,46,48,56H,1,9,13-15,20-22,25,28-32H2,2-8,10-11H3/p+1/t36-,43-,46-,48-/m0/s1. The summed E-state index contributed by atoms with van der Waals surface area (Å²) in [6, 6.07) is 12.5. The Morgan fingerprint density at radius 3 is 2.50 bits per heavy atom. The molecule has 0 radical (unpaired) electrons. The Kier molecular flexibility index (Phi) is 15.8. The van der Waals surface area contributed by atoms with Crippen LogP contribution in [0, 0.1) is 17.3 Å². The summed E-state index contributed by atoms with van der Waals surface area (Å²) in [6.45, 7) is 20.3. The van der Waals surface area contributed by atoms with E-state index in [1.807, 2.05) is 40.1 Å². The number of aromatic hydroxyl groups is 1. The molecule has 0 aliphatic carbocycles. The minimum atomic E-state index is -1.23. The summed E-state index contributed by atoms with van der Waals surface area (Å²) in [5, 5.41) is 13.8. The van der Waals surface area contributed by atoms with Gasteiger partial charge in [-0.15, -0.1) is 0 Å². The third-order valence-electron chi connectivity index (χ3n) is 13.9. The lowest BCUT2D eigenvalue weighted by Crippen LogP contribution is -2.61. The Labute approximate surface area is 411 Å². The number of phenolic OH excluding ortho intramolecular Hbond substituents is 1. The molecule has 6 bridgehead atoms. The van der Waals surface area contributed by atoms with E-state index in [2.05, 4.69) is 73.2 Å². The SMILES string of the molecule is C=CC(=O)N1CC[C@H](C(=O)N(C)[C@H](C(=O)[N+](=C)[C@H]2Cc3cc(O)cc(c3)-c3ccc4c(c3)c(c(-c3ccc(CN(C)C)nc3COC)n4CC)CC(C)(C)COC(=O)[C@@H]3CCCN(N3)C2=O)C(C)C)C1. The monoisotopic (exact) mass is 960 g/mol. The van der Waals surface area contributed by atoms with E-state index >= 15 is 0 Å². The number of phenols is 1. The van der Waals surface area contributed by atoms with Gasteiger partial charge in [0, 0.05) is 75.2 Å². The van der Waals surface area contributed by atoms with Gasteiger partial charge in [0.25, 0.3) is 0 Å². The molecule has 0 unspecified atom stereocenters. The number of aryl methyl sites for hydroxylation is 1. The number of nitrogens with zero attached hydrogens (tertiary/aromatic N) is 7. The smallest absolute Gasteiger partial charge is 0.409 e. The molecule has 16 nitrogen and oxygen atoms in total. The van der Waals surface area contributed by atoms with Crippen molar-refractivity contribution in [1.29, 1.82) is 0 Å². The van der Waals surface area contributed by atoms with Gasteiger partial charge in [0.15, 0.2) is 6.04 Å². The van der Waals surface area contributed by atoms with Gasteiger partial charge in [0.1, 0.15) is 18.5 Å². The average molecular weight is 960 g/mol. The Morgan fingerprint density at radius 2 is 1.81 bits per heavy atom. The van der Waals surface area contributed by atoms with Gasteiger partial charge in [-0.2, -0.15) is 4.58 Å². The van der Waals surface area contributed by atoms with E-state index < -0.39 is 47.2 Å². The van der Waals surface area contributed by atoms with Gasteiger partial charge in [-0.05, 0) is 117 Å². The minimum absolute atomic E-state index is 0.0266. The van der Waals surface area contributed by atoms with E-state index in [-0.39, 0.29) is 49.6 Å². The second-order valence-corrected chi connectivity index (χ2v) is 20.6. The molecule has 4 aromatic rings. The number of nitrogens with one attached hydrogen (secondary N) is 1. The van der Waals surface area contributed by atoms with Crippen molar-refractivity contribution in [2.75, 3.05) is 54.5 Å². The van der Waals surface area contributed by atoms with Gasteiger partial charge in [0.05, 0.1) is 36.2 Å². The number of hydrazine groups is 1. The second-order valence-electron chi connectivity index (χ2n) is 20.6. The molecule has 0 spiro atoms. The Bertz CT molecular complexity index is 2690. The van der Waals surface area contributed by atoms with Crippen LogP contribution in [0.4, 0.5) is 0 Å². The number of hydrogen-bond donors (Lipinski definition) is 2. The second kappa shape index (κ2) is 21.4. The van der Waals surface area contributed by atoms with E-state index in [0.29, 0.717) is 63.1 Å². The quantitative estimate of drug-likeness (QED) is 0.0786. The molecule has 7 rings (SSSR count). The number of esters is 1. The van der Waals surface area contributed by atoms with Crippen molar-refractivity contribution < 1.29 is 43.1 Å². The number of aromatic nitrogens is 2. The number of likely N-dealkylation sites (N-methyl/N-ethyl adjacent to an activating group) is 1. The Balaban J connectivity index is 1.34. The van der Waals surface area contributed by atoms with Crippen molar-refractivity contribution in [1.82, 2.24) is 34.7 Å². The summed E-state index contributed by atoms with van der Waals surface area (Å²) in [5.41, 5.74) is 10.4. The summed E-state index contributed by atoms with van der Waals surface area (Å²) >= 11 is 0. The number of amides is 4. The lowest BCUT2D eigenvalue weighted by atomic mass is 9.84. The molecule has 16 heteroatoms. The highest BCUT2D eigenvalue weighted by atomic mass is 16.5. The van der Waals surface area contributed by atoms with Crippen LogP contribution < -0.4 is 5.43 Å². The molecule has 2 saturated heterocycles. The van der Waals surface area contributed by atoms with E-state index in [0.717, 1.165) is 49.3 Å². The Morgan fingerprint density at radius 1 is 1.06 bits per heavy atom. The summed E-state index contributed by atoms with van der Waals surface area (Å²) in [7, 11) is 7.27. The van der Waals surface area contributed by atoms with Crippen molar-refractivity contribution >= 4 is 47.2 Å². The summed E-state index contributed by atoms with van der Waals surface area (Å²) in [5.74, 6) is -3.03. The molecule has 2 fully saturated rings. The molecule has 3 aliphatic heterocycles. The molecular weight excluding hydrogens is 889 g/mol. The fraction of sp³-hybridized carbons (Fsp3) is 0.500. The summed E-state index contributed by atoms with van der Waals surface area (Å²) < 4.78 is 15.3. The third-order valence-corrected chi connectivity index (χ3v) is 13.9. The van der Waals surface area contributed by atoms with Crippen LogP contribution in [0.5, 0.6) is 5.75 Å². The van der Waals surface area contributed by atoms with Gasteiger partial charge in [-0.3, -0.25) is 29.2 Å². The van der Waals surface area contributed by atoms with Crippen LogP contribution in [0.15, 0.2) is 61.2 Å². The Hall–Kier alpha value is -6.23. The topological polar surface area (TPSA) is 170 Å². The lowest BCUT2D eigenvalue weighted by molar-refractivity contribution is -0.472. The molecule has 4 atom stereocenters.